The van der Waals surface area contributed by atoms with Crippen LogP contribution in [0.3, 0.4) is 0 Å². The van der Waals surface area contributed by atoms with Crippen LogP contribution < -0.4 is 11.2 Å². The Bertz CT molecular complexity index is 1120. The molecule has 1 aromatic carbocycles. The Morgan fingerprint density at radius 3 is 2.43 bits per heavy atom. The Morgan fingerprint density at radius 2 is 1.79 bits per heavy atom. The SMILES string of the molecule is CCCN(Cc1ccc(C)cc1)C(=O)Cn1cnc2c1c(=O)n(C)c(=O)n2C. The predicted octanol–water partition coefficient (Wildman–Crippen LogP) is 1.18. The van der Waals surface area contributed by atoms with Gasteiger partial charge in [-0.3, -0.25) is 18.7 Å². The van der Waals surface area contributed by atoms with Crippen LogP contribution in [0.25, 0.3) is 11.2 Å². The summed E-state index contributed by atoms with van der Waals surface area (Å²) in [4.78, 5) is 43.5. The van der Waals surface area contributed by atoms with Crippen LogP contribution in [-0.2, 0) is 32.0 Å². The van der Waals surface area contributed by atoms with E-state index >= 15 is 0 Å². The van der Waals surface area contributed by atoms with Crippen molar-refractivity contribution < 1.29 is 4.79 Å². The van der Waals surface area contributed by atoms with Gasteiger partial charge in [-0.25, -0.2) is 9.78 Å². The fourth-order valence-corrected chi connectivity index (χ4v) is 3.24. The number of aryl methyl sites for hydroxylation is 2. The van der Waals surface area contributed by atoms with Crippen molar-refractivity contribution in [2.75, 3.05) is 6.54 Å². The van der Waals surface area contributed by atoms with E-state index in [4.69, 9.17) is 0 Å². The zero-order chi connectivity index (χ0) is 20.4. The molecule has 0 atom stereocenters. The molecule has 0 aliphatic carbocycles. The second kappa shape index (κ2) is 7.84. The van der Waals surface area contributed by atoms with Crippen molar-refractivity contribution in [3.05, 3.63) is 62.6 Å². The highest BCUT2D eigenvalue weighted by Crippen LogP contribution is 2.11. The average molecular weight is 383 g/mol. The zero-order valence-electron chi connectivity index (χ0n) is 16.7. The molecule has 0 unspecified atom stereocenters. The number of imidazole rings is 1. The molecule has 1 amide bonds. The van der Waals surface area contributed by atoms with E-state index in [1.165, 1.54) is 28.1 Å². The zero-order valence-corrected chi connectivity index (χ0v) is 16.7. The van der Waals surface area contributed by atoms with Gasteiger partial charge in [-0.05, 0) is 18.9 Å². The van der Waals surface area contributed by atoms with Gasteiger partial charge in [0.15, 0.2) is 11.2 Å². The van der Waals surface area contributed by atoms with Crippen LogP contribution in [0.4, 0.5) is 0 Å². The summed E-state index contributed by atoms with van der Waals surface area (Å²) in [5.74, 6) is -0.0994. The van der Waals surface area contributed by atoms with Crippen LogP contribution in [0.5, 0.6) is 0 Å². The van der Waals surface area contributed by atoms with E-state index < -0.39 is 11.2 Å². The number of amides is 1. The van der Waals surface area contributed by atoms with Crippen molar-refractivity contribution in [1.82, 2.24) is 23.6 Å². The molecule has 8 nitrogen and oxygen atoms in total. The van der Waals surface area contributed by atoms with E-state index in [0.717, 1.165) is 16.6 Å². The Hall–Kier alpha value is -3.16. The number of benzene rings is 1. The monoisotopic (exact) mass is 383 g/mol. The number of carbonyl (C=O) groups is 1. The van der Waals surface area contributed by atoms with Crippen molar-refractivity contribution in [3.63, 3.8) is 0 Å². The number of aromatic nitrogens is 4. The van der Waals surface area contributed by atoms with E-state index in [0.29, 0.717) is 13.1 Å². The summed E-state index contributed by atoms with van der Waals surface area (Å²) in [5, 5.41) is 0. The molecule has 0 N–H and O–H groups in total. The lowest BCUT2D eigenvalue weighted by atomic mass is 10.1. The highest BCUT2D eigenvalue weighted by atomic mass is 16.2. The van der Waals surface area contributed by atoms with Gasteiger partial charge in [0, 0.05) is 27.2 Å². The van der Waals surface area contributed by atoms with Crippen LogP contribution in [-0.4, -0.2) is 36.0 Å². The van der Waals surface area contributed by atoms with Gasteiger partial charge in [-0.2, -0.15) is 0 Å². The Labute approximate surface area is 162 Å². The van der Waals surface area contributed by atoms with E-state index in [2.05, 4.69) is 4.98 Å². The maximum absolute atomic E-state index is 13.0. The van der Waals surface area contributed by atoms with Gasteiger partial charge in [-0.15, -0.1) is 0 Å². The van der Waals surface area contributed by atoms with Crippen molar-refractivity contribution in [2.24, 2.45) is 14.1 Å². The molecule has 28 heavy (non-hydrogen) atoms. The average Bonchev–Trinajstić information content (AvgIpc) is 3.09. The van der Waals surface area contributed by atoms with Crippen LogP contribution in [0.2, 0.25) is 0 Å². The molecule has 2 aromatic heterocycles. The number of fused-ring (bicyclic) bond motifs is 1. The Morgan fingerprint density at radius 1 is 1.11 bits per heavy atom. The normalized spacial score (nSPS) is 11.1. The van der Waals surface area contributed by atoms with Crippen molar-refractivity contribution in [2.45, 2.75) is 33.4 Å². The van der Waals surface area contributed by atoms with E-state index in [9.17, 15) is 14.4 Å². The lowest BCUT2D eigenvalue weighted by molar-refractivity contribution is -0.132. The van der Waals surface area contributed by atoms with Gasteiger partial charge in [-0.1, -0.05) is 36.8 Å². The van der Waals surface area contributed by atoms with E-state index in [1.807, 2.05) is 38.1 Å². The number of hydrogen-bond donors (Lipinski definition) is 0. The highest BCUT2D eigenvalue weighted by Gasteiger charge is 2.19. The second-order valence-electron chi connectivity index (χ2n) is 7.05. The predicted molar refractivity (Wildman–Crippen MR) is 107 cm³/mol. The summed E-state index contributed by atoms with van der Waals surface area (Å²) in [6.07, 6.45) is 2.28. The van der Waals surface area contributed by atoms with Crippen molar-refractivity contribution >= 4 is 17.1 Å². The molecule has 3 aromatic rings. The largest absolute Gasteiger partial charge is 0.337 e. The standard InChI is InChI=1S/C20H25N5O3/c1-5-10-24(11-15-8-6-14(2)7-9-15)16(26)12-25-13-21-18-17(25)19(27)23(4)20(28)22(18)3/h6-9,13H,5,10-12H2,1-4H3. The van der Waals surface area contributed by atoms with Crippen LogP contribution >= 0.6 is 0 Å². The first-order valence-corrected chi connectivity index (χ1v) is 9.27. The molecule has 0 spiro atoms. The first-order chi connectivity index (χ1) is 13.3. The van der Waals surface area contributed by atoms with Gasteiger partial charge in [0.2, 0.25) is 5.91 Å². The van der Waals surface area contributed by atoms with Crippen molar-refractivity contribution in [3.8, 4) is 0 Å². The molecule has 0 bridgehead atoms. The number of rotatable bonds is 6. The van der Waals surface area contributed by atoms with Gasteiger partial charge < -0.3 is 9.47 Å². The number of carbonyl (C=O) groups excluding carboxylic acids is 1. The summed E-state index contributed by atoms with van der Waals surface area (Å²) in [7, 11) is 2.98. The van der Waals surface area contributed by atoms with Gasteiger partial charge >= 0.3 is 5.69 Å². The van der Waals surface area contributed by atoms with Gasteiger partial charge in [0.25, 0.3) is 5.56 Å². The third-order valence-electron chi connectivity index (χ3n) is 4.86. The number of hydrogen-bond acceptors (Lipinski definition) is 4. The minimum atomic E-state index is -0.455. The highest BCUT2D eigenvalue weighted by molar-refractivity contribution is 5.79. The third kappa shape index (κ3) is 3.62. The topological polar surface area (TPSA) is 82.1 Å². The summed E-state index contributed by atoms with van der Waals surface area (Å²) in [5.41, 5.74) is 1.86. The molecule has 0 aliphatic heterocycles. The second-order valence-corrected chi connectivity index (χ2v) is 7.05. The molecule has 8 heteroatoms. The van der Waals surface area contributed by atoms with Crippen molar-refractivity contribution in [1.29, 1.82) is 0 Å². The fourth-order valence-electron chi connectivity index (χ4n) is 3.24. The third-order valence-corrected chi connectivity index (χ3v) is 4.86. The van der Waals surface area contributed by atoms with Gasteiger partial charge in [0.05, 0.1) is 6.33 Å². The molecule has 0 aliphatic rings. The first-order valence-electron chi connectivity index (χ1n) is 9.27. The molecule has 0 saturated heterocycles. The van der Waals surface area contributed by atoms with Gasteiger partial charge in [0.1, 0.15) is 6.54 Å². The maximum atomic E-state index is 13.0. The minimum absolute atomic E-state index is 0.00416. The lowest BCUT2D eigenvalue weighted by Gasteiger charge is -2.22. The molecular formula is C20H25N5O3. The molecule has 148 valence electrons. The quantitative estimate of drug-likeness (QED) is 0.640. The Kier molecular flexibility index (Phi) is 5.48. The van der Waals surface area contributed by atoms with Crippen LogP contribution in [0, 0.1) is 6.92 Å². The van der Waals surface area contributed by atoms with Crippen LogP contribution in [0.15, 0.2) is 40.2 Å². The minimum Gasteiger partial charge on any atom is -0.337 e. The van der Waals surface area contributed by atoms with E-state index in [1.54, 1.807) is 11.9 Å². The summed E-state index contributed by atoms with van der Waals surface area (Å²) in [6.45, 7) is 5.17. The van der Waals surface area contributed by atoms with Crippen LogP contribution in [0.1, 0.15) is 24.5 Å². The molecular weight excluding hydrogens is 358 g/mol. The molecule has 2 heterocycles. The molecule has 3 rings (SSSR count). The summed E-state index contributed by atoms with van der Waals surface area (Å²) in [6, 6.07) is 8.09. The molecule has 0 saturated carbocycles. The molecule has 0 fully saturated rings. The maximum Gasteiger partial charge on any atom is 0.332 e. The Balaban J connectivity index is 1.91. The lowest BCUT2D eigenvalue weighted by Crippen LogP contribution is -2.38. The molecule has 0 radical (unpaired) electrons. The summed E-state index contributed by atoms with van der Waals surface area (Å²) < 4.78 is 3.87. The summed E-state index contributed by atoms with van der Waals surface area (Å²) >= 11 is 0. The fraction of sp³-hybridized carbons (Fsp3) is 0.400. The number of nitrogens with zero attached hydrogens (tertiary/aromatic N) is 5. The van der Waals surface area contributed by atoms with E-state index in [-0.39, 0.29) is 23.6 Å². The smallest absolute Gasteiger partial charge is 0.332 e. The first kappa shape index (κ1) is 19.6.